The number of alkyl halides is 2. The first kappa shape index (κ1) is 13.6. The average molecular weight is 295 g/mol. The van der Waals surface area contributed by atoms with Crippen molar-refractivity contribution in [2.24, 2.45) is 0 Å². The number of hydrogen-bond donors (Lipinski definition) is 0. The predicted molar refractivity (Wildman–Crippen MR) is 64.7 cm³/mol. The number of hydrogen-bond acceptors (Lipinski definition) is 2. The molecule has 0 amide bonds. The Bertz CT molecular complexity index is 720. The van der Waals surface area contributed by atoms with Crippen molar-refractivity contribution < 1.29 is 27.1 Å². The molecule has 0 spiro atoms. The normalized spacial score (nSPS) is 15.9. The second-order valence-corrected chi connectivity index (χ2v) is 4.61. The van der Waals surface area contributed by atoms with Crippen LogP contribution in [0.2, 0.25) is 0 Å². The summed E-state index contributed by atoms with van der Waals surface area (Å²) in [5.74, 6) is -6.77. The first-order valence-electron chi connectivity index (χ1n) is 5.97. The molecule has 0 bridgehead atoms. The molecular formula is C15H7F4O2. The van der Waals surface area contributed by atoms with Crippen molar-refractivity contribution in [1.82, 2.24) is 0 Å². The van der Waals surface area contributed by atoms with E-state index in [0.29, 0.717) is 6.07 Å². The molecule has 0 aliphatic heterocycles. The monoisotopic (exact) mass is 295 g/mol. The molecule has 0 aromatic heterocycles. The maximum Gasteiger partial charge on any atom is 0.313 e. The number of fused-ring (bicyclic) bond motifs is 1. The van der Waals surface area contributed by atoms with Gasteiger partial charge in [0.25, 0.3) is 0 Å². The van der Waals surface area contributed by atoms with Crippen LogP contribution in [0.25, 0.3) is 0 Å². The third-order valence-electron chi connectivity index (χ3n) is 3.08. The number of carbonyl (C=O) groups is 1. The lowest BCUT2D eigenvalue weighted by atomic mass is 10.1. The Morgan fingerprint density at radius 1 is 1.14 bits per heavy atom. The fraction of sp³-hybridized carbons (Fsp3) is 0.133. The SMILES string of the molecule is O=C1c2[c]ccc(Oc3cc(F)cc(F)c3)c2CC1(F)F. The quantitative estimate of drug-likeness (QED) is 0.785. The van der Waals surface area contributed by atoms with Gasteiger partial charge in [0.05, 0.1) is 0 Å². The van der Waals surface area contributed by atoms with Crippen LogP contribution < -0.4 is 4.74 Å². The maximum atomic E-state index is 13.4. The van der Waals surface area contributed by atoms with E-state index in [1.165, 1.54) is 12.1 Å². The molecule has 6 heteroatoms. The third kappa shape index (κ3) is 2.37. The molecule has 1 aliphatic carbocycles. The lowest BCUT2D eigenvalue weighted by Crippen LogP contribution is -2.23. The molecule has 21 heavy (non-hydrogen) atoms. The van der Waals surface area contributed by atoms with Gasteiger partial charge in [-0.25, -0.2) is 8.78 Å². The van der Waals surface area contributed by atoms with Gasteiger partial charge >= 0.3 is 5.92 Å². The lowest BCUT2D eigenvalue weighted by molar-refractivity contribution is 0.0166. The molecule has 0 fully saturated rings. The van der Waals surface area contributed by atoms with E-state index in [-0.39, 0.29) is 22.6 Å². The number of rotatable bonds is 2. The zero-order chi connectivity index (χ0) is 15.2. The highest BCUT2D eigenvalue weighted by atomic mass is 19.3. The second kappa shape index (κ2) is 4.58. The van der Waals surface area contributed by atoms with E-state index in [0.717, 1.165) is 12.1 Å². The van der Waals surface area contributed by atoms with Crippen molar-refractivity contribution in [2.75, 3.05) is 0 Å². The van der Waals surface area contributed by atoms with Crippen LogP contribution in [0.5, 0.6) is 11.5 Å². The first-order valence-corrected chi connectivity index (χ1v) is 5.97. The lowest BCUT2D eigenvalue weighted by Gasteiger charge is -2.10. The summed E-state index contributed by atoms with van der Waals surface area (Å²) in [6, 6.07) is 7.51. The second-order valence-electron chi connectivity index (χ2n) is 4.61. The fourth-order valence-electron chi connectivity index (χ4n) is 2.18. The van der Waals surface area contributed by atoms with Crippen molar-refractivity contribution in [3.8, 4) is 11.5 Å². The fourth-order valence-corrected chi connectivity index (χ4v) is 2.18. The summed E-state index contributed by atoms with van der Waals surface area (Å²) in [6.07, 6.45) is -0.814. The van der Waals surface area contributed by atoms with Crippen molar-refractivity contribution in [1.29, 1.82) is 0 Å². The molecule has 3 rings (SSSR count). The smallest absolute Gasteiger partial charge is 0.313 e. The number of benzene rings is 2. The third-order valence-corrected chi connectivity index (χ3v) is 3.08. The van der Waals surface area contributed by atoms with Crippen molar-refractivity contribution in [2.45, 2.75) is 12.3 Å². The minimum Gasteiger partial charge on any atom is -0.457 e. The number of carbonyl (C=O) groups excluding carboxylic acids is 1. The minimum absolute atomic E-state index is 0.0165. The summed E-state index contributed by atoms with van der Waals surface area (Å²) in [7, 11) is 0. The molecule has 0 unspecified atom stereocenters. The van der Waals surface area contributed by atoms with Gasteiger partial charge in [-0.3, -0.25) is 4.79 Å². The van der Waals surface area contributed by atoms with Gasteiger partial charge in [-0.2, -0.15) is 8.78 Å². The highest BCUT2D eigenvalue weighted by molar-refractivity contribution is 6.06. The number of ether oxygens (including phenoxy) is 1. The van der Waals surface area contributed by atoms with Crippen LogP contribution in [0.4, 0.5) is 17.6 Å². The molecule has 107 valence electrons. The predicted octanol–water partition coefficient (Wildman–Crippen LogP) is 3.93. The van der Waals surface area contributed by atoms with Gasteiger partial charge in [-0.05, 0) is 18.2 Å². The van der Waals surface area contributed by atoms with Crippen LogP contribution in [0.1, 0.15) is 15.9 Å². The van der Waals surface area contributed by atoms with E-state index >= 15 is 0 Å². The zero-order valence-electron chi connectivity index (χ0n) is 10.4. The van der Waals surface area contributed by atoms with E-state index in [9.17, 15) is 22.4 Å². The van der Waals surface area contributed by atoms with Crippen molar-refractivity contribution in [3.63, 3.8) is 0 Å². The Labute approximate surface area is 117 Å². The number of ketones is 1. The van der Waals surface area contributed by atoms with Gasteiger partial charge in [0.1, 0.15) is 23.1 Å². The largest absolute Gasteiger partial charge is 0.457 e. The highest BCUT2D eigenvalue weighted by Gasteiger charge is 2.48. The summed E-state index contributed by atoms with van der Waals surface area (Å²) < 4.78 is 58.3. The van der Waals surface area contributed by atoms with E-state index in [1.54, 1.807) is 0 Å². The molecule has 0 atom stereocenters. The molecular weight excluding hydrogens is 288 g/mol. The van der Waals surface area contributed by atoms with E-state index in [2.05, 4.69) is 6.07 Å². The molecule has 2 nitrogen and oxygen atoms in total. The summed E-state index contributed by atoms with van der Waals surface area (Å²) in [4.78, 5) is 11.5. The van der Waals surface area contributed by atoms with E-state index in [1.807, 2.05) is 0 Å². The molecule has 2 aromatic carbocycles. The van der Waals surface area contributed by atoms with E-state index < -0.39 is 29.8 Å². The summed E-state index contributed by atoms with van der Waals surface area (Å²) in [6.45, 7) is 0. The van der Waals surface area contributed by atoms with Gasteiger partial charge in [0.15, 0.2) is 0 Å². The van der Waals surface area contributed by atoms with Crippen LogP contribution in [0.3, 0.4) is 0 Å². The summed E-state index contributed by atoms with van der Waals surface area (Å²) in [5, 5.41) is 0. The van der Waals surface area contributed by atoms with Gasteiger partial charge in [0, 0.05) is 35.7 Å². The first-order chi connectivity index (χ1) is 9.87. The molecule has 0 saturated heterocycles. The minimum atomic E-state index is -3.51. The molecule has 2 aromatic rings. The molecule has 1 aliphatic rings. The zero-order valence-corrected chi connectivity index (χ0v) is 10.4. The topological polar surface area (TPSA) is 26.3 Å². The Balaban J connectivity index is 2.01. The maximum absolute atomic E-state index is 13.4. The molecule has 0 heterocycles. The highest BCUT2D eigenvalue weighted by Crippen LogP contribution is 2.40. The van der Waals surface area contributed by atoms with Gasteiger partial charge in [-0.15, -0.1) is 0 Å². The average Bonchev–Trinajstić information content (AvgIpc) is 2.61. The number of Topliss-reactive ketones (excluding diaryl/α,β-unsaturated/α-hetero) is 1. The van der Waals surface area contributed by atoms with Gasteiger partial charge in [0.2, 0.25) is 5.78 Å². The molecule has 0 saturated carbocycles. The summed E-state index contributed by atoms with van der Waals surface area (Å²) >= 11 is 0. The Hall–Kier alpha value is -2.37. The summed E-state index contributed by atoms with van der Waals surface area (Å²) in [5.41, 5.74) is -0.272. The van der Waals surface area contributed by atoms with Gasteiger partial charge in [-0.1, -0.05) is 0 Å². The van der Waals surface area contributed by atoms with Gasteiger partial charge < -0.3 is 4.74 Å². The van der Waals surface area contributed by atoms with Crippen molar-refractivity contribution in [3.05, 3.63) is 59.2 Å². The number of halogens is 4. The Morgan fingerprint density at radius 3 is 2.48 bits per heavy atom. The molecule has 1 radical (unpaired) electrons. The van der Waals surface area contributed by atoms with Crippen LogP contribution in [0, 0.1) is 17.7 Å². The van der Waals surface area contributed by atoms with Crippen LogP contribution in [-0.4, -0.2) is 11.7 Å². The Morgan fingerprint density at radius 2 is 1.81 bits per heavy atom. The Kier molecular flexibility index (Phi) is 2.97. The van der Waals surface area contributed by atoms with Crippen LogP contribution in [0.15, 0.2) is 30.3 Å². The van der Waals surface area contributed by atoms with Crippen LogP contribution >= 0.6 is 0 Å². The van der Waals surface area contributed by atoms with Crippen LogP contribution in [-0.2, 0) is 6.42 Å². The van der Waals surface area contributed by atoms with E-state index in [4.69, 9.17) is 4.74 Å². The standard InChI is InChI=1S/C15H7F4O2/c16-8-4-9(17)6-10(5-8)21-13-3-1-2-11-12(13)7-15(18,19)14(11)20/h1,3-6H,7H2. The molecule has 0 N–H and O–H groups in total. The van der Waals surface area contributed by atoms with Crippen molar-refractivity contribution >= 4 is 5.78 Å².